The first-order chi connectivity index (χ1) is 14.1. The molecule has 3 aromatic rings. The van der Waals surface area contributed by atoms with Gasteiger partial charge in [-0.05, 0) is 35.6 Å². The van der Waals surface area contributed by atoms with Gasteiger partial charge < -0.3 is 4.90 Å². The van der Waals surface area contributed by atoms with Crippen molar-refractivity contribution in [2.75, 3.05) is 19.0 Å². The van der Waals surface area contributed by atoms with E-state index >= 15 is 0 Å². The predicted octanol–water partition coefficient (Wildman–Crippen LogP) is 6.67. The van der Waals surface area contributed by atoms with Gasteiger partial charge in [-0.3, -0.25) is 0 Å². The maximum absolute atomic E-state index is 9.02. The highest BCUT2D eigenvalue weighted by atomic mass is 32.2. The van der Waals surface area contributed by atoms with E-state index in [9.17, 15) is 0 Å². The minimum atomic E-state index is 0.155. The summed E-state index contributed by atoms with van der Waals surface area (Å²) in [5.74, 6) is 0. The SMILES string of the molecule is CN(C)c1ccc(-c2sc(C3CC=C(C=C(C#N)C#N)S3)c3ccccc23)cc1. The highest BCUT2D eigenvalue weighted by Gasteiger charge is 2.24. The average molecular weight is 414 g/mol. The van der Waals surface area contributed by atoms with Crippen LogP contribution in [0, 0.1) is 22.7 Å². The maximum atomic E-state index is 9.02. The van der Waals surface area contributed by atoms with Crippen LogP contribution in [-0.2, 0) is 0 Å². The number of hydrogen-bond donors (Lipinski definition) is 0. The van der Waals surface area contributed by atoms with E-state index in [-0.39, 0.29) is 5.57 Å². The number of benzene rings is 2. The molecule has 0 N–H and O–H groups in total. The molecule has 0 aliphatic carbocycles. The molecule has 1 unspecified atom stereocenters. The largest absolute Gasteiger partial charge is 0.378 e. The molecule has 2 aromatic carbocycles. The minimum Gasteiger partial charge on any atom is -0.378 e. The van der Waals surface area contributed by atoms with Crippen molar-refractivity contribution in [1.82, 2.24) is 0 Å². The topological polar surface area (TPSA) is 50.8 Å². The summed E-state index contributed by atoms with van der Waals surface area (Å²) in [4.78, 5) is 5.75. The standard InChI is InChI=1S/C24H19N3S2/c1-27(2)18-9-7-17(8-10-18)23-20-5-3-4-6-21(20)24(29-23)22-12-11-19(28-22)13-16(14-25)15-26/h3-11,13,22H,12H2,1-2H3. The highest BCUT2D eigenvalue weighted by Crippen LogP contribution is 2.51. The van der Waals surface area contributed by atoms with Gasteiger partial charge in [-0.1, -0.05) is 42.5 Å². The fourth-order valence-corrected chi connectivity index (χ4v) is 6.15. The molecule has 5 heteroatoms. The molecule has 2 heterocycles. The lowest BCUT2D eigenvalue weighted by Crippen LogP contribution is -2.07. The molecule has 1 aromatic heterocycles. The molecular formula is C24H19N3S2. The first kappa shape index (κ1) is 19.3. The smallest absolute Gasteiger partial charge is 0.130 e. The Labute approximate surface area is 179 Å². The Balaban J connectivity index is 1.70. The van der Waals surface area contributed by atoms with Crippen LogP contribution in [0.4, 0.5) is 5.69 Å². The third-order valence-electron chi connectivity index (χ3n) is 4.93. The van der Waals surface area contributed by atoms with Crippen LogP contribution in [0.3, 0.4) is 0 Å². The van der Waals surface area contributed by atoms with E-state index in [1.807, 2.05) is 37.6 Å². The summed E-state index contributed by atoms with van der Waals surface area (Å²) >= 11 is 3.59. The number of thiophene rings is 1. The van der Waals surface area contributed by atoms with Gasteiger partial charge in [0.25, 0.3) is 0 Å². The van der Waals surface area contributed by atoms with E-state index in [0.29, 0.717) is 5.25 Å². The zero-order valence-electron chi connectivity index (χ0n) is 16.2. The van der Waals surface area contributed by atoms with E-state index in [1.54, 1.807) is 17.8 Å². The van der Waals surface area contributed by atoms with Gasteiger partial charge in [0.1, 0.15) is 17.7 Å². The quantitative estimate of drug-likeness (QED) is 0.448. The van der Waals surface area contributed by atoms with Crippen LogP contribution in [0.2, 0.25) is 0 Å². The second kappa shape index (κ2) is 8.17. The Hall–Kier alpha value is -2.99. The lowest BCUT2D eigenvalue weighted by molar-refractivity contribution is 1.02. The van der Waals surface area contributed by atoms with Gasteiger partial charge in [-0.15, -0.1) is 23.1 Å². The maximum Gasteiger partial charge on any atom is 0.130 e. The summed E-state index contributed by atoms with van der Waals surface area (Å²) in [6.45, 7) is 0. The fourth-order valence-electron chi connectivity index (χ4n) is 3.45. The van der Waals surface area contributed by atoms with E-state index in [4.69, 9.17) is 10.5 Å². The number of anilines is 1. The Morgan fingerprint density at radius 2 is 1.72 bits per heavy atom. The van der Waals surface area contributed by atoms with E-state index in [0.717, 1.165) is 11.3 Å². The van der Waals surface area contributed by atoms with Crippen molar-refractivity contribution in [3.63, 3.8) is 0 Å². The summed E-state index contributed by atoms with van der Waals surface area (Å²) in [5, 5.41) is 20.9. The summed E-state index contributed by atoms with van der Waals surface area (Å²) in [5.41, 5.74) is 2.57. The van der Waals surface area contributed by atoms with Gasteiger partial charge in [0, 0.05) is 45.1 Å². The number of fused-ring (bicyclic) bond motifs is 1. The van der Waals surface area contributed by atoms with Crippen LogP contribution in [0.15, 0.2) is 71.2 Å². The second-order valence-electron chi connectivity index (χ2n) is 7.01. The molecule has 29 heavy (non-hydrogen) atoms. The Kier molecular flexibility index (Phi) is 5.45. The van der Waals surface area contributed by atoms with Gasteiger partial charge >= 0.3 is 0 Å². The highest BCUT2D eigenvalue weighted by molar-refractivity contribution is 8.03. The molecule has 4 rings (SSSR count). The monoisotopic (exact) mass is 413 g/mol. The van der Waals surface area contributed by atoms with Crippen molar-refractivity contribution in [2.24, 2.45) is 0 Å². The lowest BCUT2D eigenvalue weighted by atomic mass is 10.1. The van der Waals surface area contributed by atoms with Crippen molar-refractivity contribution in [3.05, 3.63) is 76.0 Å². The van der Waals surface area contributed by atoms with Gasteiger partial charge in [0.2, 0.25) is 0 Å². The van der Waals surface area contributed by atoms with Crippen LogP contribution in [0.1, 0.15) is 16.5 Å². The van der Waals surface area contributed by atoms with Gasteiger partial charge in [-0.2, -0.15) is 10.5 Å². The Morgan fingerprint density at radius 1 is 1.03 bits per heavy atom. The van der Waals surface area contributed by atoms with Gasteiger partial charge in [0.05, 0.1) is 0 Å². The lowest BCUT2D eigenvalue weighted by Gasteiger charge is -2.12. The third kappa shape index (κ3) is 3.80. The number of hydrogen-bond acceptors (Lipinski definition) is 5. The summed E-state index contributed by atoms with van der Waals surface area (Å²) < 4.78 is 0. The van der Waals surface area contributed by atoms with Crippen LogP contribution in [0.25, 0.3) is 21.2 Å². The first-order valence-corrected chi connectivity index (χ1v) is 11.0. The van der Waals surface area contributed by atoms with Crippen LogP contribution in [-0.4, -0.2) is 14.1 Å². The Bertz CT molecular complexity index is 1190. The van der Waals surface area contributed by atoms with Crippen LogP contribution >= 0.6 is 23.1 Å². The molecule has 0 radical (unpaired) electrons. The summed E-state index contributed by atoms with van der Waals surface area (Å²) in [7, 11) is 4.10. The molecule has 3 nitrogen and oxygen atoms in total. The number of allylic oxidation sites excluding steroid dienone is 3. The molecule has 0 amide bonds. The van der Waals surface area contributed by atoms with E-state index in [2.05, 4.69) is 59.5 Å². The van der Waals surface area contributed by atoms with Crippen molar-refractivity contribution in [2.45, 2.75) is 11.7 Å². The summed E-state index contributed by atoms with van der Waals surface area (Å²) in [6, 6.07) is 21.2. The minimum absolute atomic E-state index is 0.155. The van der Waals surface area contributed by atoms with Crippen molar-refractivity contribution in [3.8, 4) is 22.6 Å². The third-order valence-corrected chi connectivity index (χ3v) is 7.73. The molecule has 1 atom stereocenters. The zero-order valence-corrected chi connectivity index (χ0v) is 17.8. The molecule has 142 valence electrons. The van der Waals surface area contributed by atoms with Gasteiger partial charge in [0.15, 0.2) is 0 Å². The molecular weight excluding hydrogens is 394 g/mol. The van der Waals surface area contributed by atoms with E-state index < -0.39 is 0 Å². The van der Waals surface area contributed by atoms with Crippen molar-refractivity contribution >= 4 is 39.6 Å². The molecule has 0 spiro atoms. The summed E-state index contributed by atoms with van der Waals surface area (Å²) in [6.07, 6.45) is 4.73. The number of rotatable bonds is 4. The van der Waals surface area contributed by atoms with Crippen LogP contribution in [0.5, 0.6) is 0 Å². The molecule has 1 aliphatic heterocycles. The molecule has 0 bridgehead atoms. The van der Waals surface area contributed by atoms with Crippen molar-refractivity contribution < 1.29 is 0 Å². The second-order valence-corrected chi connectivity index (χ2v) is 9.34. The molecule has 0 saturated carbocycles. The molecule has 0 fully saturated rings. The number of thioether (sulfide) groups is 1. The number of nitrogens with zero attached hydrogens (tertiary/aromatic N) is 3. The van der Waals surface area contributed by atoms with Gasteiger partial charge in [-0.25, -0.2) is 0 Å². The fraction of sp³-hybridized carbons (Fsp3) is 0.167. The molecule has 1 aliphatic rings. The number of nitriles is 2. The zero-order chi connectivity index (χ0) is 20.4. The average Bonchev–Trinajstić information content (AvgIpc) is 3.36. The predicted molar refractivity (Wildman–Crippen MR) is 124 cm³/mol. The Morgan fingerprint density at radius 3 is 2.38 bits per heavy atom. The van der Waals surface area contributed by atoms with Crippen molar-refractivity contribution in [1.29, 1.82) is 10.5 Å². The normalized spacial score (nSPS) is 15.4. The van der Waals surface area contributed by atoms with E-state index in [1.165, 1.54) is 31.8 Å². The first-order valence-electron chi connectivity index (χ1n) is 9.28. The molecule has 0 saturated heterocycles. The van der Waals surface area contributed by atoms with Crippen LogP contribution < -0.4 is 4.90 Å².